The van der Waals surface area contributed by atoms with E-state index < -0.39 is 12.1 Å². The van der Waals surface area contributed by atoms with Crippen LogP contribution in [0.5, 0.6) is 0 Å². The van der Waals surface area contributed by atoms with E-state index in [0.717, 1.165) is 0 Å². The van der Waals surface area contributed by atoms with Gasteiger partial charge in [-0.15, -0.1) is 0 Å². The highest BCUT2D eigenvalue weighted by Gasteiger charge is 2.18. The molecule has 0 spiro atoms. The normalized spacial score (nSPS) is 11.5. The molecule has 0 aliphatic rings. The third-order valence-electron chi connectivity index (χ3n) is 3.40. The molecular weight excluding hydrogens is 406 g/mol. The zero-order valence-corrected chi connectivity index (χ0v) is 16.8. The van der Waals surface area contributed by atoms with Gasteiger partial charge in [-0.2, -0.15) is 0 Å². The molecule has 11 heteroatoms. The summed E-state index contributed by atoms with van der Waals surface area (Å²) >= 11 is 13.2. The van der Waals surface area contributed by atoms with E-state index >= 15 is 0 Å². The van der Waals surface area contributed by atoms with Crippen molar-refractivity contribution in [1.29, 1.82) is 0 Å². The van der Waals surface area contributed by atoms with Crippen LogP contribution in [-0.2, 0) is 14.2 Å². The maximum Gasteiger partial charge on any atom is 0.189 e. The van der Waals surface area contributed by atoms with Gasteiger partial charge in [0.15, 0.2) is 22.4 Å². The van der Waals surface area contributed by atoms with E-state index in [2.05, 4.69) is 20.3 Å². The molecule has 0 unspecified atom stereocenters. The van der Waals surface area contributed by atoms with Crippen molar-refractivity contribution < 1.29 is 18.6 Å². The monoisotopic (exact) mass is 424 g/mol. The van der Waals surface area contributed by atoms with Crippen molar-refractivity contribution in [3.63, 3.8) is 0 Å². The first-order chi connectivity index (χ1) is 12.5. The van der Waals surface area contributed by atoms with Gasteiger partial charge in [0.05, 0.1) is 12.0 Å². The van der Waals surface area contributed by atoms with Crippen molar-refractivity contribution in [2.45, 2.75) is 17.9 Å². The fraction of sp³-hybridized carbons (Fsp3) is 0.533. The van der Waals surface area contributed by atoms with Gasteiger partial charge in [-0.05, 0) is 12.7 Å². The van der Waals surface area contributed by atoms with Crippen molar-refractivity contribution >= 4 is 51.7 Å². The average molecular weight is 425 g/mol. The second-order valence-corrected chi connectivity index (χ2v) is 6.54. The fourth-order valence-corrected chi connectivity index (χ4v) is 2.94. The number of ether oxygens (including phenoxy) is 3. The number of rotatable bonds is 10. The van der Waals surface area contributed by atoms with Crippen molar-refractivity contribution in [2.24, 2.45) is 0 Å². The number of aromatic nitrogens is 3. The molecule has 2 heterocycles. The molecule has 0 saturated heterocycles. The van der Waals surface area contributed by atoms with Crippen LogP contribution in [0.3, 0.4) is 0 Å². The molecule has 0 amide bonds. The summed E-state index contributed by atoms with van der Waals surface area (Å²) in [5, 5.41) is 3.54. The van der Waals surface area contributed by atoms with E-state index in [1.165, 1.54) is 11.8 Å². The molecule has 0 saturated carbocycles. The number of hydrogen-bond donors (Lipinski definition) is 1. The van der Waals surface area contributed by atoms with E-state index in [-0.39, 0.29) is 15.8 Å². The number of halogens is 3. The lowest BCUT2D eigenvalue weighted by Crippen LogP contribution is -2.21. The first-order valence-corrected chi connectivity index (χ1v) is 9.63. The number of pyridine rings is 1. The second kappa shape index (κ2) is 10.4. The minimum atomic E-state index is -0.722. The number of nitrogens with one attached hydrogen (secondary N) is 1. The van der Waals surface area contributed by atoms with Crippen LogP contribution < -0.4 is 5.32 Å². The molecule has 144 valence electrons. The molecule has 2 rings (SSSR count). The van der Waals surface area contributed by atoms with Gasteiger partial charge in [-0.1, -0.05) is 35.0 Å². The maximum absolute atomic E-state index is 14.3. The number of anilines is 1. The van der Waals surface area contributed by atoms with E-state index in [0.29, 0.717) is 42.5 Å². The van der Waals surface area contributed by atoms with Crippen LogP contribution in [0.2, 0.25) is 10.3 Å². The maximum atomic E-state index is 14.3. The topological polar surface area (TPSA) is 78.4 Å². The molecule has 2 aromatic rings. The van der Waals surface area contributed by atoms with Gasteiger partial charge in [-0.25, -0.2) is 19.3 Å². The summed E-state index contributed by atoms with van der Waals surface area (Å²) in [6.45, 7) is 1.35. The molecule has 7 nitrogen and oxygen atoms in total. The van der Waals surface area contributed by atoms with E-state index in [1.54, 1.807) is 20.5 Å². The lowest BCUT2D eigenvalue weighted by molar-refractivity contribution is -0.140. The molecule has 1 N–H and O–H groups in total. The van der Waals surface area contributed by atoms with Crippen LogP contribution in [0.15, 0.2) is 5.16 Å². The molecule has 0 aliphatic carbocycles. The van der Waals surface area contributed by atoms with Crippen LogP contribution in [-0.4, -0.2) is 61.5 Å². The summed E-state index contributed by atoms with van der Waals surface area (Å²) in [6, 6.07) is 0. The van der Waals surface area contributed by atoms with Gasteiger partial charge in [-0.3, -0.25) is 0 Å². The molecule has 0 aromatic carbocycles. The van der Waals surface area contributed by atoms with Crippen LogP contribution >= 0.6 is 35.0 Å². The molecule has 0 bridgehead atoms. The first kappa shape index (κ1) is 21.3. The van der Waals surface area contributed by atoms with Gasteiger partial charge < -0.3 is 19.5 Å². The molecule has 2 aromatic heterocycles. The summed E-state index contributed by atoms with van der Waals surface area (Å²) < 4.78 is 29.8. The lowest BCUT2D eigenvalue weighted by Gasteiger charge is -2.14. The summed E-state index contributed by atoms with van der Waals surface area (Å²) in [4.78, 5) is 12.3. The number of methoxy groups -OCH3 is 2. The molecule has 0 aliphatic heterocycles. The Morgan fingerprint density at radius 2 is 1.88 bits per heavy atom. The van der Waals surface area contributed by atoms with E-state index in [4.69, 9.17) is 37.4 Å². The Labute approximate surface area is 164 Å². The van der Waals surface area contributed by atoms with Crippen molar-refractivity contribution in [3.8, 4) is 0 Å². The van der Waals surface area contributed by atoms with E-state index in [1.807, 2.05) is 0 Å². The number of thioether (sulfide) groups is 1. The van der Waals surface area contributed by atoms with Crippen molar-refractivity contribution in [1.82, 2.24) is 15.0 Å². The Hall–Kier alpha value is -0.970. The minimum Gasteiger partial charge on any atom is -0.376 e. The fourth-order valence-electron chi connectivity index (χ4n) is 2.10. The highest BCUT2D eigenvalue weighted by atomic mass is 35.5. The molecule has 0 atom stereocenters. The summed E-state index contributed by atoms with van der Waals surface area (Å²) in [5.74, 6) is -0.320. The van der Waals surface area contributed by atoms with Crippen LogP contribution in [0.4, 0.5) is 10.2 Å². The van der Waals surface area contributed by atoms with Crippen LogP contribution in [0.25, 0.3) is 10.9 Å². The Bertz CT molecular complexity index is 753. The predicted molar refractivity (Wildman–Crippen MR) is 101 cm³/mol. The highest BCUT2D eigenvalue weighted by molar-refractivity contribution is 7.98. The van der Waals surface area contributed by atoms with Gasteiger partial charge in [0.1, 0.15) is 16.5 Å². The van der Waals surface area contributed by atoms with Crippen molar-refractivity contribution in [2.75, 3.05) is 45.6 Å². The SMILES string of the molecule is COC(COCCCNc1nc(SC)nc2c(F)c(Cl)nc(Cl)c12)OC. The standard InChI is InChI=1S/C15H19Cl2FN4O3S/c1-23-8(24-2)7-25-6-4-5-19-14-9-11(20-15(22-14)26-3)10(18)13(17)21-12(9)16/h8H,4-7H2,1-3H3,(H,19,20,22). The minimum absolute atomic E-state index is 0.0381. The van der Waals surface area contributed by atoms with Crippen LogP contribution in [0.1, 0.15) is 6.42 Å². The zero-order valence-electron chi connectivity index (χ0n) is 14.5. The van der Waals surface area contributed by atoms with Gasteiger partial charge in [0, 0.05) is 27.4 Å². The third-order valence-corrected chi connectivity index (χ3v) is 4.47. The first-order valence-electron chi connectivity index (χ1n) is 7.65. The average Bonchev–Trinajstić information content (AvgIpc) is 2.65. The zero-order chi connectivity index (χ0) is 19.1. The molecule has 26 heavy (non-hydrogen) atoms. The predicted octanol–water partition coefficient (Wildman–Crippen LogP) is 3.63. The Balaban J connectivity index is 2.06. The number of nitrogens with zero attached hydrogens (tertiary/aromatic N) is 3. The second-order valence-electron chi connectivity index (χ2n) is 5.05. The summed E-state index contributed by atoms with van der Waals surface area (Å²) in [7, 11) is 3.09. The quantitative estimate of drug-likeness (QED) is 0.203. The Morgan fingerprint density at radius 3 is 2.54 bits per heavy atom. The van der Waals surface area contributed by atoms with Gasteiger partial charge >= 0.3 is 0 Å². The lowest BCUT2D eigenvalue weighted by atomic mass is 10.3. The Kier molecular flexibility index (Phi) is 8.52. The highest BCUT2D eigenvalue weighted by Crippen LogP contribution is 2.33. The van der Waals surface area contributed by atoms with Crippen molar-refractivity contribution in [3.05, 3.63) is 16.1 Å². The summed E-state index contributed by atoms with van der Waals surface area (Å²) in [5.41, 5.74) is 0.0381. The molecular formula is C15H19Cl2FN4O3S. The number of hydrogen-bond acceptors (Lipinski definition) is 8. The molecule has 0 radical (unpaired) electrons. The number of fused-ring (bicyclic) bond motifs is 1. The van der Waals surface area contributed by atoms with Gasteiger partial charge in [0.2, 0.25) is 0 Å². The smallest absolute Gasteiger partial charge is 0.189 e. The largest absolute Gasteiger partial charge is 0.376 e. The van der Waals surface area contributed by atoms with E-state index in [9.17, 15) is 4.39 Å². The summed E-state index contributed by atoms with van der Waals surface area (Å²) in [6.07, 6.45) is 2.08. The van der Waals surface area contributed by atoms with Crippen LogP contribution in [0, 0.1) is 5.82 Å². The third kappa shape index (κ3) is 5.28. The Morgan fingerprint density at radius 1 is 1.15 bits per heavy atom. The molecule has 0 fully saturated rings. The van der Waals surface area contributed by atoms with Gasteiger partial charge in [0.25, 0.3) is 0 Å².